The molecule has 3 aromatic heterocycles. The van der Waals surface area contributed by atoms with Crippen LogP contribution in [0.3, 0.4) is 0 Å². The van der Waals surface area contributed by atoms with Crippen LogP contribution < -0.4 is 5.32 Å². The number of aromatic nitrogens is 4. The van der Waals surface area contributed by atoms with Gasteiger partial charge in [0.05, 0.1) is 17.9 Å². The predicted molar refractivity (Wildman–Crippen MR) is 103 cm³/mol. The van der Waals surface area contributed by atoms with E-state index >= 15 is 0 Å². The van der Waals surface area contributed by atoms with Crippen molar-refractivity contribution in [1.29, 1.82) is 0 Å². The van der Waals surface area contributed by atoms with Gasteiger partial charge in [0, 0.05) is 38.1 Å². The molecule has 3 aromatic rings. The summed E-state index contributed by atoms with van der Waals surface area (Å²) >= 11 is 0. The molecule has 0 unspecified atom stereocenters. The van der Waals surface area contributed by atoms with Gasteiger partial charge in [-0.3, -0.25) is 14.4 Å². The minimum atomic E-state index is -0.153. The lowest BCUT2D eigenvalue weighted by atomic mass is 10.2. The van der Waals surface area contributed by atoms with Gasteiger partial charge in [-0.2, -0.15) is 5.10 Å². The summed E-state index contributed by atoms with van der Waals surface area (Å²) in [7, 11) is 0. The first kappa shape index (κ1) is 17.7. The van der Waals surface area contributed by atoms with Crippen molar-refractivity contribution in [3.05, 3.63) is 53.2 Å². The summed E-state index contributed by atoms with van der Waals surface area (Å²) in [6.45, 7) is 9.60. The van der Waals surface area contributed by atoms with Crippen molar-refractivity contribution < 1.29 is 4.79 Å². The van der Waals surface area contributed by atoms with Crippen molar-refractivity contribution in [2.24, 2.45) is 0 Å². The molecule has 4 heterocycles. The van der Waals surface area contributed by atoms with E-state index in [4.69, 9.17) is 0 Å². The maximum atomic E-state index is 12.6. The second-order valence-corrected chi connectivity index (χ2v) is 7.55. The van der Waals surface area contributed by atoms with Crippen LogP contribution in [-0.2, 0) is 19.6 Å². The molecule has 0 aliphatic carbocycles. The van der Waals surface area contributed by atoms with E-state index in [0.29, 0.717) is 18.3 Å². The molecule has 27 heavy (non-hydrogen) atoms. The minimum Gasteiger partial charge on any atom is -0.345 e. The molecule has 7 nitrogen and oxygen atoms in total. The van der Waals surface area contributed by atoms with E-state index < -0.39 is 0 Å². The molecule has 0 aromatic carbocycles. The van der Waals surface area contributed by atoms with Crippen molar-refractivity contribution >= 4 is 11.6 Å². The van der Waals surface area contributed by atoms with Gasteiger partial charge in [0.25, 0.3) is 5.91 Å². The number of carbonyl (C=O) groups excluding carboxylic acids is 1. The van der Waals surface area contributed by atoms with E-state index in [1.54, 1.807) is 0 Å². The molecule has 0 bridgehead atoms. The molecule has 4 rings (SSSR count). The zero-order valence-electron chi connectivity index (χ0n) is 16.1. The Balaban J connectivity index is 1.44. The molecule has 1 amide bonds. The summed E-state index contributed by atoms with van der Waals surface area (Å²) in [5.41, 5.74) is 4.48. The summed E-state index contributed by atoms with van der Waals surface area (Å²) in [5.74, 6) is -0.153. The van der Waals surface area contributed by atoms with Crippen LogP contribution in [0.5, 0.6) is 0 Å². The highest BCUT2D eigenvalue weighted by Gasteiger charge is 2.20. The second-order valence-electron chi connectivity index (χ2n) is 7.55. The number of hydrogen-bond acceptors (Lipinski definition) is 4. The molecule has 142 valence electrons. The zero-order valence-corrected chi connectivity index (χ0v) is 16.1. The van der Waals surface area contributed by atoms with E-state index in [1.807, 2.05) is 46.6 Å². The Morgan fingerprint density at radius 2 is 2.11 bits per heavy atom. The van der Waals surface area contributed by atoms with E-state index in [-0.39, 0.29) is 5.91 Å². The predicted octanol–water partition coefficient (Wildman–Crippen LogP) is 2.38. The van der Waals surface area contributed by atoms with Crippen LogP contribution in [0.2, 0.25) is 0 Å². The van der Waals surface area contributed by atoms with Crippen LogP contribution in [0.4, 0.5) is 0 Å². The average molecular weight is 366 g/mol. The van der Waals surface area contributed by atoms with Crippen LogP contribution in [0.25, 0.3) is 5.65 Å². The number of amides is 1. The van der Waals surface area contributed by atoms with E-state index in [0.717, 1.165) is 43.1 Å². The molecule has 0 radical (unpaired) electrons. The highest BCUT2D eigenvalue weighted by Crippen LogP contribution is 2.16. The van der Waals surface area contributed by atoms with Crippen molar-refractivity contribution in [1.82, 2.24) is 29.4 Å². The van der Waals surface area contributed by atoms with Crippen LogP contribution >= 0.6 is 0 Å². The second kappa shape index (κ2) is 7.15. The Bertz CT molecular complexity index is 970. The minimum absolute atomic E-state index is 0.153. The number of rotatable bonds is 4. The lowest BCUT2D eigenvalue weighted by Gasteiger charge is -2.23. The summed E-state index contributed by atoms with van der Waals surface area (Å²) in [6.07, 6.45) is 5.03. The first-order chi connectivity index (χ1) is 13.0. The molecule has 7 heteroatoms. The topological polar surface area (TPSA) is 67.5 Å². The fourth-order valence-corrected chi connectivity index (χ4v) is 3.54. The molecule has 0 fully saturated rings. The summed E-state index contributed by atoms with van der Waals surface area (Å²) in [4.78, 5) is 19.5. The monoisotopic (exact) mass is 366 g/mol. The summed E-state index contributed by atoms with van der Waals surface area (Å²) in [6, 6.07) is 6.42. The Kier molecular flexibility index (Phi) is 4.70. The average Bonchev–Trinajstić information content (AvgIpc) is 3.16. The largest absolute Gasteiger partial charge is 0.345 e. The van der Waals surface area contributed by atoms with Gasteiger partial charge in [0.15, 0.2) is 5.69 Å². The SMILES string of the molecule is Cc1ccc2nc(CNC(=O)c3cc4n(n3)CCCN(C(C)C)C4)cn2c1. The van der Waals surface area contributed by atoms with Gasteiger partial charge in [-0.1, -0.05) is 6.07 Å². The molecule has 1 aliphatic heterocycles. The number of carbonyl (C=O) groups is 1. The quantitative estimate of drug-likeness (QED) is 0.770. The van der Waals surface area contributed by atoms with Crippen molar-refractivity contribution in [3.63, 3.8) is 0 Å². The van der Waals surface area contributed by atoms with Gasteiger partial charge in [-0.25, -0.2) is 4.98 Å². The van der Waals surface area contributed by atoms with Crippen molar-refractivity contribution in [2.45, 2.75) is 52.9 Å². The molecule has 0 atom stereocenters. The third-order valence-electron chi connectivity index (χ3n) is 5.09. The fourth-order valence-electron chi connectivity index (χ4n) is 3.54. The number of pyridine rings is 1. The normalized spacial score (nSPS) is 15.1. The van der Waals surface area contributed by atoms with Crippen LogP contribution in [0, 0.1) is 6.92 Å². The highest BCUT2D eigenvalue weighted by molar-refractivity contribution is 5.92. The zero-order chi connectivity index (χ0) is 19.0. The molecule has 0 spiro atoms. The molecular weight excluding hydrogens is 340 g/mol. The Morgan fingerprint density at radius 3 is 2.93 bits per heavy atom. The van der Waals surface area contributed by atoms with Gasteiger partial charge >= 0.3 is 0 Å². The summed E-state index contributed by atoms with van der Waals surface area (Å²) < 4.78 is 3.96. The van der Waals surface area contributed by atoms with Crippen LogP contribution in [-0.4, -0.2) is 42.6 Å². The Morgan fingerprint density at radius 1 is 1.26 bits per heavy atom. The van der Waals surface area contributed by atoms with Gasteiger partial charge in [0.1, 0.15) is 5.65 Å². The van der Waals surface area contributed by atoms with Gasteiger partial charge in [-0.15, -0.1) is 0 Å². The van der Waals surface area contributed by atoms with Crippen LogP contribution in [0.15, 0.2) is 30.6 Å². The van der Waals surface area contributed by atoms with Gasteiger partial charge in [0.2, 0.25) is 0 Å². The number of nitrogens with zero attached hydrogens (tertiary/aromatic N) is 5. The number of aryl methyl sites for hydroxylation is 2. The molecule has 1 aliphatic rings. The standard InChI is InChI=1S/C20H26N6O/c1-14(2)24-7-4-8-26-17(13-24)9-18(23-26)20(27)21-10-16-12-25-11-15(3)5-6-19(25)22-16/h5-6,9,11-12,14H,4,7-8,10,13H2,1-3H3,(H,21,27). The number of fused-ring (bicyclic) bond motifs is 2. The molecule has 0 saturated carbocycles. The van der Waals surface area contributed by atoms with E-state index in [2.05, 4.69) is 34.1 Å². The smallest absolute Gasteiger partial charge is 0.272 e. The lowest BCUT2D eigenvalue weighted by Crippen LogP contribution is -2.30. The third kappa shape index (κ3) is 3.73. The van der Waals surface area contributed by atoms with Crippen molar-refractivity contribution in [2.75, 3.05) is 6.54 Å². The van der Waals surface area contributed by atoms with Crippen LogP contribution in [0.1, 0.15) is 47.7 Å². The number of hydrogen-bond donors (Lipinski definition) is 1. The number of nitrogens with one attached hydrogen (secondary N) is 1. The Labute approximate surface area is 159 Å². The van der Waals surface area contributed by atoms with Gasteiger partial charge < -0.3 is 9.72 Å². The summed E-state index contributed by atoms with van der Waals surface area (Å²) in [5, 5.41) is 7.47. The third-order valence-corrected chi connectivity index (χ3v) is 5.09. The maximum absolute atomic E-state index is 12.6. The first-order valence-electron chi connectivity index (χ1n) is 9.53. The Hall–Kier alpha value is -2.67. The highest BCUT2D eigenvalue weighted by atomic mass is 16.1. The van der Waals surface area contributed by atoms with Gasteiger partial charge in [-0.05, 0) is 44.9 Å². The first-order valence-corrected chi connectivity index (χ1v) is 9.53. The maximum Gasteiger partial charge on any atom is 0.272 e. The van der Waals surface area contributed by atoms with Crippen molar-refractivity contribution in [3.8, 4) is 0 Å². The fraction of sp³-hybridized carbons (Fsp3) is 0.450. The van der Waals surface area contributed by atoms with E-state index in [1.165, 1.54) is 5.56 Å². The lowest BCUT2D eigenvalue weighted by molar-refractivity contribution is 0.0944. The molecule has 1 N–H and O–H groups in total. The molecule has 0 saturated heterocycles. The number of imidazole rings is 1. The van der Waals surface area contributed by atoms with E-state index in [9.17, 15) is 4.79 Å². The molecular formula is C20H26N6O.